The molecule has 0 radical (unpaired) electrons. The summed E-state index contributed by atoms with van der Waals surface area (Å²) in [7, 11) is 0. The Morgan fingerprint density at radius 3 is 2.48 bits per heavy atom. The lowest BCUT2D eigenvalue weighted by atomic mass is 10.2. The summed E-state index contributed by atoms with van der Waals surface area (Å²) < 4.78 is 13.2. The fraction of sp³-hybridized carbons (Fsp3) is 0.188. The Labute approximate surface area is 132 Å². The third-order valence-electron chi connectivity index (χ3n) is 2.90. The van der Waals surface area contributed by atoms with E-state index in [0.29, 0.717) is 0 Å². The van der Waals surface area contributed by atoms with Crippen molar-refractivity contribution in [3.63, 3.8) is 0 Å². The lowest BCUT2D eigenvalue weighted by Gasteiger charge is -2.13. The van der Waals surface area contributed by atoms with Gasteiger partial charge >= 0.3 is 0 Å². The standard InChI is InChI=1S/C16H15ClFNOS/c1-10(12-3-8-16(18)15(17)9-12)21-14-6-4-13(5-7-14)19-11(2)20/h3-10H,1-2H3,(H,19,20). The van der Waals surface area contributed by atoms with Crippen LogP contribution in [0.1, 0.15) is 24.7 Å². The normalized spacial score (nSPS) is 12.0. The van der Waals surface area contributed by atoms with Crippen molar-refractivity contribution in [1.82, 2.24) is 0 Å². The smallest absolute Gasteiger partial charge is 0.221 e. The molecule has 2 nitrogen and oxygen atoms in total. The minimum absolute atomic E-state index is 0.0928. The maximum atomic E-state index is 13.2. The van der Waals surface area contributed by atoms with Crippen LogP contribution in [-0.4, -0.2) is 5.91 Å². The number of anilines is 1. The first-order valence-electron chi connectivity index (χ1n) is 6.45. The Bertz CT molecular complexity index is 645. The Morgan fingerprint density at radius 2 is 1.90 bits per heavy atom. The molecule has 0 saturated heterocycles. The van der Waals surface area contributed by atoms with Gasteiger partial charge in [-0.2, -0.15) is 0 Å². The third-order valence-corrected chi connectivity index (χ3v) is 4.36. The van der Waals surface area contributed by atoms with Gasteiger partial charge in [0.15, 0.2) is 0 Å². The van der Waals surface area contributed by atoms with Crippen LogP contribution in [0.3, 0.4) is 0 Å². The van der Waals surface area contributed by atoms with Crippen LogP contribution >= 0.6 is 23.4 Å². The molecule has 0 saturated carbocycles. The van der Waals surface area contributed by atoms with E-state index in [-0.39, 0.29) is 16.2 Å². The van der Waals surface area contributed by atoms with E-state index in [1.54, 1.807) is 23.9 Å². The van der Waals surface area contributed by atoms with Crippen LogP contribution in [0.2, 0.25) is 5.02 Å². The van der Waals surface area contributed by atoms with Crippen LogP contribution < -0.4 is 5.32 Å². The van der Waals surface area contributed by atoms with Crippen LogP contribution in [0.4, 0.5) is 10.1 Å². The van der Waals surface area contributed by atoms with E-state index in [4.69, 9.17) is 11.6 Å². The lowest BCUT2D eigenvalue weighted by molar-refractivity contribution is -0.114. The molecule has 5 heteroatoms. The van der Waals surface area contributed by atoms with Gasteiger partial charge in [0.05, 0.1) is 5.02 Å². The Hall–Kier alpha value is -1.52. The van der Waals surface area contributed by atoms with E-state index < -0.39 is 5.82 Å². The van der Waals surface area contributed by atoms with Gasteiger partial charge in [0, 0.05) is 22.8 Å². The highest BCUT2D eigenvalue weighted by atomic mass is 35.5. The Morgan fingerprint density at radius 1 is 1.24 bits per heavy atom. The number of thioether (sulfide) groups is 1. The van der Waals surface area contributed by atoms with Crippen molar-refractivity contribution in [3.8, 4) is 0 Å². The molecule has 1 N–H and O–H groups in total. The number of amides is 1. The second-order valence-corrected chi connectivity index (χ2v) is 6.46. The van der Waals surface area contributed by atoms with Crippen LogP contribution in [0, 0.1) is 5.82 Å². The third kappa shape index (κ3) is 4.48. The van der Waals surface area contributed by atoms with Crippen molar-refractivity contribution in [2.75, 3.05) is 5.32 Å². The maximum absolute atomic E-state index is 13.2. The molecule has 2 rings (SSSR count). The van der Waals surface area contributed by atoms with Gasteiger partial charge in [-0.05, 0) is 48.9 Å². The van der Waals surface area contributed by atoms with Gasteiger partial charge in [0.25, 0.3) is 0 Å². The maximum Gasteiger partial charge on any atom is 0.221 e. The monoisotopic (exact) mass is 323 g/mol. The van der Waals surface area contributed by atoms with E-state index in [0.717, 1.165) is 16.1 Å². The molecule has 2 aromatic carbocycles. The van der Waals surface area contributed by atoms with Crippen LogP contribution in [0.15, 0.2) is 47.4 Å². The number of hydrogen-bond donors (Lipinski definition) is 1. The average molecular weight is 324 g/mol. The summed E-state index contributed by atoms with van der Waals surface area (Å²) in [4.78, 5) is 12.0. The van der Waals surface area contributed by atoms with Crippen molar-refractivity contribution in [1.29, 1.82) is 0 Å². The molecule has 1 atom stereocenters. The number of halogens is 2. The van der Waals surface area contributed by atoms with E-state index in [2.05, 4.69) is 5.32 Å². The molecule has 0 aliphatic heterocycles. The van der Waals surface area contributed by atoms with E-state index >= 15 is 0 Å². The van der Waals surface area contributed by atoms with Crippen molar-refractivity contribution >= 4 is 35.0 Å². The Kier molecular flexibility index (Phi) is 5.26. The molecule has 0 aromatic heterocycles. The highest BCUT2D eigenvalue weighted by molar-refractivity contribution is 7.99. The van der Waals surface area contributed by atoms with Gasteiger partial charge in [0.2, 0.25) is 5.91 Å². The van der Waals surface area contributed by atoms with Crippen LogP contribution in [0.5, 0.6) is 0 Å². The van der Waals surface area contributed by atoms with E-state index in [1.165, 1.54) is 13.0 Å². The summed E-state index contributed by atoms with van der Waals surface area (Å²) in [6, 6.07) is 12.4. The van der Waals surface area contributed by atoms with Gasteiger partial charge < -0.3 is 5.32 Å². The SMILES string of the molecule is CC(=O)Nc1ccc(SC(C)c2ccc(F)c(Cl)c2)cc1. The molecular formula is C16H15ClFNOS. The molecule has 1 unspecified atom stereocenters. The van der Waals surface area contributed by atoms with Crippen molar-refractivity contribution in [2.24, 2.45) is 0 Å². The van der Waals surface area contributed by atoms with Crippen LogP contribution in [-0.2, 0) is 4.79 Å². The predicted octanol–water partition coefficient (Wildman–Crippen LogP) is 5.29. The summed E-state index contributed by atoms with van der Waals surface area (Å²) >= 11 is 7.45. The number of carbonyl (C=O) groups excluding carboxylic acids is 1. The minimum atomic E-state index is -0.405. The summed E-state index contributed by atoms with van der Waals surface area (Å²) in [6.07, 6.45) is 0. The number of carbonyl (C=O) groups is 1. The highest BCUT2D eigenvalue weighted by Gasteiger charge is 2.10. The number of nitrogens with one attached hydrogen (secondary N) is 1. The molecule has 0 bridgehead atoms. The minimum Gasteiger partial charge on any atom is -0.326 e. The van der Waals surface area contributed by atoms with Gasteiger partial charge in [0.1, 0.15) is 5.82 Å². The second-order valence-electron chi connectivity index (χ2n) is 4.64. The largest absolute Gasteiger partial charge is 0.326 e. The van der Waals surface area contributed by atoms with Crippen molar-refractivity contribution in [3.05, 3.63) is 58.9 Å². The highest BCUT2D eigenvalue weighted by Crippen LogP contribution is 2.36. The molecule has 0 heterocycles. The van der Waals surface area contributed by atoms with Crippen molar-refractivity contribution < 1.29 is 9.18 Å². The quantitative estimate of drug-likeness (QED) is 0.774. The number of benzene rings is 2. The molecule has 21 heavy (non-hydrogen) atoms. The fourth-order valence-corrected chi connectivity index (χ4v) is 3.03. The molecule has 0 fully saturated rings. The zero-order valence-electron chi connectivity index (χ0n) is 11.7. The first-order valence-corrected chi connectivity index (χ1v) is 7.70. The molecule has 110 valence electrons. The van der Waals surface area contributed by atoms with E-state index in [9.17, 15) is 9.18 Å². The molecule has 0 aliphatic rings. The second kappa shape index (κ2) is 6.96. The predicted molar refractivity (Wildman–Crippen MR) is 86.4 cm³/mol. The topological polar surface area (TPSA) is 29.1 Å². The number of hydrogen-bond acceptors (Lipinski definition) is 2. The van der Waals surface area contributed by atoms with Gasteiger partial charge in [-0.1, -0.05) is 17.7 Å². The summed E-state index contributed by atoms with van der Waals surface area (Å²) in [5, 5.41) is 3.01. The van der Waals surface area contributed by atoms with Crippen LogP contribution in [0.25, 0.3) is 0 Å². The van der Waals surface area contributed by atoms with Crippen molar-refractivity contribution in [2.45, 2.75) is 24.0 Å². The molecule has 0 spiro atoms. The Balaban J connectivity index is 2.06. The van der Waals surface area contributed by atoms with Gasteiger partial charge in [-0.3, -0.25) is 4.79 Å². The molecule has 0 aliphatic carbocycles. The average Bonchev–Trinajstić information content (AvgIpc) is 2.43. The molecular weight excluding hydrogens is 309 g/mol. The first kappa shape index (κ1) is 15.9. The lowest BCUT2D eigenvalue weighted by Crippen LogP contribution is -2.05. The van der Waals surface area contributed by atoms with Gasteiger partial charge in [-0.25, -0.2) is 4.39 Å². The zero-order valence-corrected chi connectivity index (χ0v) is 13.3. The first-order chi connectivity index (χ1) is 9.95. The zero-order chi connectivity index (χ0) is 15.4. The fourth-order valence-electron chi connectivity index (χ4n) is 1.86. The van der Waals surface area contributed by atoms with E-state index in [1.807, 2.05) is 31.2 Å². The molecule has 2 aromatic rings. The summed E-state index contributed by atoms with van der Waals surface area (Å²) in [5.74, 6) is -0.498. The van der Waals surface area contributed by atoms with Gasteiger partial charge in [-0.15, -0.1) is 11.8 Å². The number of rotatable bonds is 4. The summed E-state index contributed by atoms with van der Waals surface area (Å²) in [6.45, 7) is 3.51. The summed E-state index contributed by atoms with van der Waals surface area (Å²) in [5.41, 5.74) is 1.74. The molecule has 1 amide bonds.